The highest BCUT2D eigenvalue weighted by Gasteiger charge is 2.04. The number of hydrogen-bond acceptors (Lipinski definition) is 1. The number of rotatable bonds is 1. The molecule has 1 aromatic rings. The summed E-state index contributed by atoms with van der Waals surface area (Å²) in [6, 6.07) is 5.41. The van der Waals surface area contributed by atoms with Crippen LogP contribution in [0.3, 0.4) is 0 Å². The second-order valence-electron chi connectivity index (χ2n) is 2.66. The second kappa shape index (κ2) is 3.26. The SMILES string of the molecule is Cc1ccc(O)cc1C(C)Br. The molecule has 0 aliphatic carbocycles. The molecular weight excluding hydrogens is 204 g/mol. The molecule has 0 spiro atoms. The molecule has 0 aliphatic rings. The Morgan fingerprint density at radius 2 is 2.09 bits per heavy atom. The van der Waals surface area contributed by atoms with Crippen LogP contribution in [-0.4, -0.2) is 5.11 Å². The lowest BCUT2D eigenvalue weighted by atomic mass is 10.1. The van der Waals surface area contributed by atoms with Crippen molar-refractivity contribution in [2.75, 3.05) is 0 Å². The predicted molar refractivity (Wildman–Crippen MR) is 50.2 cm³/mol. The van der Waals surface area contributed by atoms with Gasteiger partial charge in [-0.2, -0.15) is 0 Å². The Morgan fingerprint density at radius 1 is 1.45 bits per heavy atom. The minimum Gasteiger partial charge on any atom is -0.508 e. The van der Waals surface area contributed by atoms with Gasteiger partial charge in [0.1, 0.15) is 5.75 Å². The summed E-state index contributed by atoms with van der Waals surface area (Å²) in [7, 11) is 0. The third kappa shape index (κ3) is 1.96. The van der Waals surface area contributed by atoms with Crippen LogP contribution in [0.5, 0.6) is 5.75 Å². The van der Waals surface area contributed by atoms with Crippen LogP contribution in [0.25, 0.3) is 0 Å². The molecule has 0 fully saturated rings. The van der Waals surface area contributed by atoms with Crippen LogP contribution in [-0.2, 0) is 0 Å². The van der Waals surface area contributed by atoms with Gasteiger partial charge >= 0.3 is 0 Å². The summed E-state index contributed by atoms with van der Waals surface area (Å²) in [5, 5.41) is 9.17. The normalized spacial score (nSPS) is 13.0. The highest BCUT2D eigenvalue weighted by Crippen LogP contribution is 2.27. The van der Waals surface area contributed by atoms with Crippen LogP contribution in [0.2, 0.25) is 0 Å². The van der Waals surface area contributed by atoms with Gasteiger partial charge in [-0.15, -0.1) is 0 Å². The number of hydrogen-bond donors (Lipinski definition) is 1. The van der Waals surface area contributed by atoms with Crippen LogP contribution in [0.4, 0.5) is 0 Å². The van der Waals surface area contributed by atoms with E-state index in [4.69, 9.17) is 5.11 Å². The van der Waals surface area contributed by atoms with Crippen LogP contribution >= 0.6 is 15.9 Å². The van der Waals surface area contributed by atoms with E-state index >= 15 is 0 Å². The van der Waals surface area contributed by atoms with E-state index in [0.717, 1.165) is 5.56 Å². The first-order chi connectivity index (χ1) is 5.11. The third-order valence-electron chi connectivity index (χ3n) is 1.69. The van der Waals surface area contributed by atoms with Crippen molar-refractivity contribution in [2.45, 2.75) is 18.7 Å². The summed E-state index contributed by atoms with van der Waals surface area (Å²) < 4.78 is 0. The molecule has 60 valence electrons. The van der Waals surface area contributed by atoms with Gasteiger partial charge in [-0.3, -0.25) is 0 Å². The Hall–Kier alpha value is -0.500. The van der Waals surface area contributed by atoms with E-state index in [9.17, 15) is 0 Å². The van der Waals surface area contributed by atoms with E-state index in [1.807, 2.05) is 19.9 Å². The Kier molecular flexibility index (Phi) is 2.55. The minimum atomic E-state index is 0.301. The number of phenolic OH excluding ortho intramolecular Hbond substituents is 1. The van der Waals surface area contributed by atoms with Crippen LogP contribution < -0.4 is 0 Å². The van der Waals surface area contributed by atoms with Gasteiger partial charge in [-0.1, -0.05) is 22.0 Å². The molecule has 0 aromatic heterocycles. The summed E-state index contributed by atoms with van der Waals surface area (Å²) in [5.74, 6) is 0.330. The largest absolute Gasteiger partial charge is 0.508 e. The summed E-state index contributed by atoms with van der Waals surface area (Å²) in [6.07, 6.45) is 0. The molecule has 1 aromatic carbocycles. The molecule has 2 heteroatoms. The van der Waals surface area contributed by atoms with Gasteiger partial charge in [0.25, 0.3) is 0 Å². The molecule has 0 heterocycles. The first kappa shape index (κ1) is 8.60. The molecular formula is C9H11BrO. The predicted octanol–water partition coefficient (Wildman–Crippen LogP) is 3.16. The summed E-state index contributed by atoms with van der Waals surface area (Å²) in [4.78, 5) is 0.301. The molecule has 11 heavy (non-hydrogen) atoms. The highest BCUT2D eigenvalue weighted by molar-refractivity contribution is 9.09. The van der Waals surface area contributed by atoms with Gasteiger partial charge < -0.3 is 5.11 Å². The van der Waals surface area contributed by atoms with Crippen LogP contribution in [0.15, 0.2) is 18.2 Å². The van der Waals surface area contributed by atoms with E-state index in [1.54, 1.807) is 12.1 Å². The average molecular weight is 215 g/mol. The lowest BCUT2D eigenvalue weighted by Gasteiger charge is -2.07. The van der Waals surface area contributed by atoms with Crippen molar-refractivity contribution in [1.29, 1.82) is 0 Å². The first-order valence-corrected chi connectivity index (χ1v) is 4.46. The maximum absolute atomic E-state index is 9.17. The van der Waals surface area contributed by atoms with E-state index in [2.05, 4.69) is 15.9 Å². The van der Waals surface area contributed by atoms with Gasteiger partial charge in [-0.05, 0) is 37.1 Å². The molecule has 0 aliphatic heterocycles. The van der Waals surface area contributed by atoms with Crippen molar-refractivity contribution >= 4 is 15.9 Å². The maximum atomic E-state index is 9.17. The monoisotopic (exact) mass is 214 g/mol. The van der Waals surface area contributed by atoms with Crippen molar-refractivity contribution in [3.63, 3.8) is 0 Å². The second-order valence-corrected chi connectivity index (χ2v) is 4.03. The van der Waals surface area contributed by atoms with Crippen LogP contribution in [0, 0.1) is 6.92 Å². The number of aryl methyl sites for hydroxylation is 1. The van der Waals surface area contributed by atoms with Crippen molar-refractivity contribution in [3.05, 3.63) is 29.3 Å². The number of alkyl halides is 1. The lowest BCUT2D eigenvalue weighted by molar-refractivity contribution is 0.474. The number of halogens is 1. The van der Waals surface area contributed by atoms with Gasteiger partial charge in [0.2, 0.25) is 0 Å². The molecule has 1 nitrogen and oxygen atoms in total. The van der Waals surface area contributed by atoms with E-state index in [-0.39, 0.29) is 0 Å². The van der Waals surface area contributed by atoms with Crippen LogP contribution in [0.1, 0.15) is 22.9 Å². The molecule has 1 unspecified atom stereocenters. The van der Waals surface area contributed by atoms with Gasteiger partial charge in [0, 0.05) is 4.83 Å². The molecule has 1 N–H and O–H groups in total. The van der Waals surface area contributed by atoms with E-state index < -0.39 is 0 Å². The van der Waals surface area contributed by atoms with E-state index in [1.165, 1.54) is 5.56 Å². The fourth-order valence-electron chi connectivity index (χ4n) is 1.06. The van der Waals surface area contributed by atoms with Crippen molar-refractivity contribution in [1.82, 2.24) is 0 Å². The van der Waals surface area contributed by atoms with Gasteiger partial charge in [0.05, 0.1) is 0 Å². The van der Waals surface area contributed by atoms with Crippen molar-refractivity contribution in [3.8, 4) is 5.75 Å². The quantitative estimate of drug-likeness (QED) is 0.713. The summed E-state index contributed by atoms with van der Waals surface area (Å²) in [6.45, 7) is 4.08. The molecule has 0 radical (unpaired) electrons. The zero-order valence-electron chi connectivity index (χ0n) is 6.63. The average Bonchev–Trinajstić information content (AvgIpc) is 1.94. The van der Waals surface area contributed by atoms with Gasteiger partial charge in [-0.25, -0.2) is 0 Å². The van der Waals surface area contributed by atoms with Gasteiger partial charge in [0.15, 0.2) is 0 Å². The Balaban J connectivity index is 3.13. The molecule has 0 saturated heterocycles. The summed E-state index contributed by atoms with van der Waals surface area (Å²) >= 11 is 3.46. The topological polar surface area (TPSA) is 20.2 Å². The highest BCUT2D eigenvalue weighted by atomic mass is 79.9. The third-order valence-corrected chi connectivity index (χ3v) is 2.18. The minimum absolute atomic E-state index is 0.301. The fraction of sp³-hybridized carbons (Fsp3) is 0.333. The Labute approximate surface area is 75.2 Å². The zero-order valence-corrected chi connectivity index (χ0v) is 8.22. The summed E-state index contributed by atoms with van der Waals surface area (Å²) in [5.41, 5.74) is 2.34. The first-order valence-electron chi connectivity index (χ1n) is 3.55. The molecule has 1 rings (SSSR count). The molecule has 0 amide bonds. The zero-order chi connectivity index (χ0) is 8.43. The lowest BCUT2D eigenvalue weighted by Crippen LogP contribution is -1.87. The molecule has 0 saturated carbocycles. The van der Waals surface area contributed by atoms with E-state index in [0.29, 0.717) is 10.6 Å². The maximum Gasteiger partial charge on any atom is 0.115 e. The smallest absolute Gasteiger partial charge is 0.115 e. The van der Waals surface area contributed by atoms with Crippen molar-refractivity contribution in [2.24, 2.45) is 0 Å². The van der Waals surface area contributed by atoms with Crippen molar-refractivity contribution < 1.29 is 5.11 Å². The number of aromatic hydroxyl groups is 1. The molecule has 1 atom stereocenters. The number of benzene rings is 1. The molecule has 0 bridgehead atoms. The Morgan fingerprint density at radius 3 is 2.55 bits per heavy atom. The number of phenols is 1. The Bertz CT molecular complexity index is 256. The fourth-order valence-corrected chi connectivity index (χ4v) is 1.55. The standard InChI is InChI=1S/C9H11BrO/c1-6-3-4-8(11)5-9(6)7(2)10/h3-5,7,11H,1-2H3.